The van der Waals surface area contributed by atoms with Crippen molar-refractivity contribution in [1.29, 1.82) is 0 Å². The van der Waals surface area contributed by atoms with Crippen molar-refractivity contribution in [3.63, 3.8) is 0 Å². The molecule has 0 bridgehead atoms. The molecular weight excluding hydrogens is 264 g/mol. The lowest BCUT2D eigenvalue weighted by atomic mass is 9.99. The van der Waals surface area contributed by atoms with Gasteiger partial charge in [-0.1, -0.05) is 29.8 Å². The second kappa shape index (κ2) is 5.95. The van der Waals surface area contributed by atoms with Gasteiger partial charge in [0.15, 0.2) is 0 Å². The minimum Gasteiger partial charge on any atom is -0.378 e. The van der Waals surface area contributed by atoms with Crippen molar-refractivity contribution in [3.05, 3.63) is 68.8 Å². The van der Waals surface area contributed by atoms with Crippen LogP contribution in [0.15, 0.2) is 36.4 Å². The molecule has 0 heterocycles. The van der Waals surface area contributed by atoms with Crippen molar-refractivity contribution in [3.8, 4) is 0 Å². The predicted octanol–water partition coefficient (Wildman–Crippen LogP) is 4.69. The van der Waals surface area contributed by atoms with Crippen LogP contribution in [0.25, 0.3) is 0 Å². The van der Waals surface area contributed by atoms with Crippen molar-refractivity contribution in [2.45, 2.75) is 33.7 Å². The molecule has 0 aliphatic rings. The van der Waals surface area contributed by atoms with E-state index >= 15 is 0 Å². The summed E-state index contributed by atoms with van der Waals surface area (Å²) in [5.74, 6) is 0. The van der Waals surface area contributed by atoms with Crippen LogP contribution in [-0.2, 0) is 0 Å². The van der Waals surface area contributed by atoms with Gasteiger partial charge in [0, 0.05) is 23.4 Å². The van der Waals surface area contributed by atoms with E-state index in [9.17, 15) is 10.1 Å². The average Bonchev–Trinajstić information content (AvgIpc) is 2.43. The summed E-state index contributed by atoms with van der Waals surface area (Å²) in [7, 11) is 0. The minimum atomic E-state index is -0.344. The summed E-state index contributed by atoms with van der Waals surface area (Å²) in [6.45, 7) is 7.98. The molecule has 0 saturated heterocycles. The predicted molar refractivity (Wildman–Crippen MR) is 85.8 cm³/mol. The fourth-order valence-electron chi connectivity index (χ4n) is 2.52. The van der Waals surface area contributed by atoms with Gasteiger partial charge in [0.1, 0.15) is 0 Å². The third kappa shape index (κ3) is 3.21. The van der Waals surface area contributed by atoms with Gasteiger partial charge < -0.3 is 5.32 Å². The standard InChI is InChI=1S/C17H20N2O2/c1-11-8-9-12(2)15(10-11)14(4)18-16-6-5-7-17(13(16)3)19(20)21/h5-10,14,18H,1-4H3. The molecule has 0 spiro atoms. The summed E-state index contributed by atoms with van der Waals surface area (Å²) in [6, 6.07) is 11.6. The number of benzene rings is 2. The second-order valence-corrected chi connectivity index (χ2v) is 5.43. The normalized spacial score (nSPS) is 12.0. The van der Waals surface area contributed by atoms with E-state index in [1.54, 1.807) is 13.0 Å². The molecule has 2 rings (SSSR count). The lowest BCUT2D eigenvalue weighted by Gasteiger charge is -2.19. The zero-order valence-corrected chi connectivity index (χ0v) is 12.8. The van der Waals surface area contributed by atoms with Gasteiger partial charge in [-0.3, -0.25) is 10.1 Å². The number of rotatable bonds is 4. The minimum absolute atomic E-state index is 0.0885. The summed E-state index contributed by atoms with van der Waals surface area (Å²) >= 11 is 0. The Hall–Kier alpha value is -2.36. The van der Waals surface area contributed by atoms with Crippen LogP contribution in [0.5, 0.6) is 0 Å². The SMILES string of the molecule is Cc1ccc(C)c(C(C)Nc2cccc([N+](=O)[O-])c2C)c1. The van der Waals surface area contributed by atoms with Crippen LogP contribution in [0.1, 0.15) is 35.2 Å². The van der Waals surface area contributed by atoms with Crippen LogP contribution in [0.3, 0.4) is 0 Å². The Morgan fingerprint density at radius 3 is 2.52 bits per heavy atom. The Balaban J connectivity index is 2.32. The molecule has 4 nitrogen and oxygen atoms in total. The first-order valence-electron chi connectivity index (χ1n) is 6.98. The quantitative estimate of drug-likeness (QED) is 0.654. The van der Waals surface area contributed by atoms with Gasteiger partial charge in [0.05, 0.1) is 4.92 Å². The van der Waals surface area contributed by atoms with Crippen LogP contribution >= 0.6 is 0 Å². The first-order valence-corrected chi connectivity index (χ1v) is 6.98. The van der Waals surface area contributed by atoms with Gasteiger partial charge in [0.2, 0.25) is 0 Å². The highest BCUT2D eigenvalue weighted by Crippen LogP contribution is 2.29. The van der Waals surface area contributed by atoms with Crippen LogP contribution in [0.4, 0.5) is 11.4 Å². The molecule has 2 aromatic rings. The Kier molecular flexibility index (Phi) is 4.26. The number of nitro benzene ring substituents is 1. The third-order valence-corrected chi connectivity index (χ3v) is 3.78. The Morgan fingerprint density at radius 2 is 1.86 bits per heavy atom. The molecule has 1 N–H and O–H groups in total. The van der Waals surface area contributed by atoms with Crippen LogP contribution in [-0.4, -0.2) is 4.92 Å². The van der Waals surface area contributed by atoms with E-state index in [-0.39, 0.29) is 16.7 Å². The molecule has 110 valence electrons. The van der Waals surface area contributed by atoms with E-state index in [1.165, 1.54) is 22.8 Å². The highest BCUT2D eigenvalue weighted by Gasteiger charge is 2.15. The monoisotopic (exact) mass is 284 g/mol. The van der Waals surface area contributed by atoms with Crippen molar-refractivity contribution in [2.24, 2.45) is 0 Å². The number of nitrogens with zero attached hydrogens (tertiary/aromatic N) is 1. The number of anilines is 1. The van der Waals surface area contributed by atoms with E-state index < -0.39 is 0 Å². The van der Waals surface area contributed by atoms with Crippen LogP contribution in [0.2, 0.25) is 0 Å². The van der Waals surface area contributed by atoms with Crippen LogP contribution < -0.4 is 5.32 Å². The molecule has 1 unspecified atom stereocenters. The zero-order chi connectivity index (χ0) is 15.6. The van der Waals surface area contributed by atoms with E-state index in [2.05, 4.69) is 44.3 Å². The molecule has 1 atom stereocenters. The van der Waals surface area contributed by atoms with Gasteiger partial charge in [-0.2, -0.15) is 0 Å². The fourth-order valence-corrected chi connectivity index (χ4v) is 2.52. The molecule has 0 amide bonds. The van der Waals surface area contributed by atoms with Gasteiger partial charge in [-0.15, -0.1) is 0 Å². The summed E-state index contributed by atoms with van der Waals surface area (Å²) in [5.41, 5.74) is 5.25. The maximum absolute atomic E-state index is 11.0. The number of nitrogens with one attached hydrogen (secondary N) is 1. The molecule has 0 aliphatic carbocycles. The zero-order valence-electron chi connectivity index (χ0n) is 12.8. The van der Waals surface area contributed by atoms with E-state index in [0.29, 0.717) is 5.56 Å². The molecule has 0 radical (unpaired) electrons. The average molecular weight is 284 g/mol. The lowest BCUT2D eigenvalue weighted by molar-refractivity contribution is -0.385. The molecular formula is C17H20N2O2. The molecule has 2 aromatic carbocycles. The Bertz CT molecular complexity index is 680. The topological polar surface area (TPSA) is 55.2 Å². The molecule has 0 aromatic heterocycles. The van der Waals surface area contributed by atoms with Gasteiger partial charge in [0.25, 0.3) is 5.69 Å². The van der Waals surface area contributed by atoms with Crippen molar-refractivity contribution >= 4 is 11.4 Å². The van der Waals surface area contributed by atoms with Gasteiger partial charge in [-0.05, 0) is 44.9 Å². The summed E-state index contributed by atoms with van der Waals surface area (Å²) in [5, 5.41) is 14.4. The largest absolute Gasteiger partial charge is 0.378 e. The molecule has 0 saturated carbocycles. The van der Waals surface area contributed by atoms with Crippen LogP contribution in [0, 0.1) is 30.9 Å². The smallest absolute Gasteiger partial charge is 0.274 e. The highest BCUT2D eigenvalue weighted by atomic mass is 16.6. The number of aryl methyl sites for hydroxylation is 2. The Morgan fingerprint density at radius 1 is 1.14 bits per heavy atom. The maximum Gasteiger partial charge on any atom is 0.274 e. The van der Waals surface area contributed by atoms with Crippen molar-refractivity contribution < 1.29 is 4.92 Å². The van der Waals surface area contributed by atoms with Gasteiger partial charge in [-0.25, -0.2) is 0 Å². The summed E-state index contributed by atoms with van der Waals surface area (Å²) in [6.07, 6.45) is 0. The fraction of sp³-hybridized carbons (Fsp3) is 0.294. The number of nitro groups is 1. The number of hydrogen-bond acceptors (Lipinski definition) is 3. The first-order chi connectivity index (χ1) is 9.90. The molecule has 0 aliphatic heterocycles. The van der Waals surface area contributed by atoms with Crippen molar-refractivity contribution in [1.82, 2.24) is 0 Å². The lowest BCUT2D eigenvalue weighted by Crippen LogP contribution is -2.10. The Labute approximate surface area is 125 Å². The summed E-state index contributed by atoms with van der Waals surface area (Å²) < 4.78 is 0. The second-order valence-electron chi connectivity index (χ2n) is 5.43. The van der Waals surface area contributed by atoms with E-state index in [0.717, 1.165) is 5.69 Å². The van der Waals surface area contributed by atoms with Gasteiger partial charge >= 0.3 is 0 Å². The molecule has 0 fully saturated rings. The summed E-state index contributed by atoms with van der Waals surface area (Å²) in [4.78, 5) is 10.7. The van der Waals surface area contributed by atoms with E-state index in [4.69, 9.17) is 0 Å². The highest BCUT2D eigenvalue weighted by molar-refractivity contribution is 5.60. The van der Waals surface area contributed by atoms with E-state index in [1.807, 2.05) is 6.07 Å². The number of hydrogen-bond donors (Lipinski definition) is 1. The molecule has 4 heteroatoms. The third-order valence-electron chi connectivity index (χ3n) is 3.78. The van der Waals surface area contributed by atoms with Crippen molar-refractivity contribution in [2.75, 3.05) is 5.32 Å². The first kappa shape index (κ1) is 15.0. The maximum atomic E-state index is 11.0. The molecule has 21 heavy (non-hydrogen) atoms.